The molecule has 0 saturated heterocycles. The maximum atomic E-state index is 12.2. The summed E-state index contributed by atoms with van der Waals surface area (Å²) in [5.41, 5.74) is 5.81. The van der Waals surface area contributed by atoms with E-state index in [0.717, 1.165) is 0 Å². The van der Waals surface area contributed by atoms with Gasteiger partial charge in [0, 0.05) is 6.07 Å². The molecule has 0 heterocycles. The predicted octanol–water partition coefficient (Wildman–Crippen LogP) is 1.74. The molecule has 0 saturated carbocycles. The zero-order valence-corrected chi connectivity index (χ0v) is 11.2. The molecule has 18 heavy (non-hydrogen) atoms. The van der Waals surface area contributed by atoms with E-state index in [9.17, 15) is 8.42 Å². The van der Waals surface area contributed by atoms with E-state index in [4.69, 9.17) is 15.7 Å². The second-order valence-corrected chi connectivity index (χ2v) is 5.80. The summed E-state index contributed by atoms with van der Waals surface area (Å²) in [6, 6.07) is 6.23. The Morgan fingerprint density at radius 3 is 2.61 bits per heavy atom. The minimum atomic E-state index is -3.74. The highest BCUT2D eigenvalue weighted by atomic mass is 32.2. The van der Waals surface area contributed by atoms with Crippen molar-refractivity contribution in [1.82, 2.24) is 0 Å². The first kappa shape index (κ1) is 14.3. The van der Waals surface area contributed by atoms with Crippen LogP contribution in [0.3, 0.4) is 0 Å². The number of anilines is 1. The van der Waals surface area contributed by atoms with Gasteiger partial charge in [0.2, 0.25) is 0 Å². The van der Waals surface area contributed by atoms with Crippen molar-refractivity contribution in [3.63, 3.8) is 0 Å². The Kier molecular flexibility index (Phi) is 4.56. The number of nitrogens with two attached hydrogens (primary N) is 1. The van der Waals surface area contributed by atoms with Gasteiger partial charge < -0.3 is 10.5 Å². The molecule has 1 atom stereocenters. The van der Waals surface area contributed by atoms with Crippen molar-refractivity contribution in [2.45, 2.75) is 30.4 Å². The largest absolute Gasteiger partial charge is 0.494 e. The molecule has 0 aliphatic carbocycles. The molecular weight excluding hydrogens is 252 g/mol. The third kappa shape index (κ3) is 2.74. The van der Waals surface area contributed by atoms with Crippen molar-refractivity contribution >= 4 is 15.5 Å². The molecule has 0 radical (unpaired) electrons. The number of rotatable bonds is 5. The molecule has 1 aromatic carbocycles. The number of nitriles is 1. The van der Waals surface area contributed by atoms with E-state index in [1.807, 2.05) is 0 Å². The van der Waals surface area contributed by atoms with Crippen LogP contribution in [0.2, 0.25) is 0 Å². The van der Waals surface area contributed by atoms with Gasteiger partial charge in [0.15, 0.2) is 15.1 Å². The Labute approximate surface area is 107 Å². The Morgan fingerprint density at radius 1 is 1.44 bits per heavy atom. The van der Waals surface area contributed by atoms with Crippen molar-refractivity contribution in [1.29, 1.82) is 5.26 Å². The van der Waals surface area contributed by atoms with E-state index in [2.05, 4.69) is 0 Å². The van der Waals surface area contributed by atoms with Gasteiger partial charge in [-0.1, -0.05) is 6.92 Å². The second kappa shape index (κ2) is 5.74. The summed E-state index contributed by atoms with van der Waals surface area (Å²) in [6.45, 7) is 3.88. The summed E-state index contributed by atoms with van der Waals surface area (Å²) >= 11 is 0. The first-order valence-electron chi connectivity index (χ1n) is 5.63. The van der Waals surface area contributed by atoms with E-state index in [0.29, 0.717) is 12.4 Å². The zero-order chi connectivity index (χ0) is 13.8. The van der Waals surface area contributed by atoms with Crippen LogP contribution in [0, 0.1) is 11.3 Å². The third-order valence-corrected chi connectivity index (χ3v) is 4.65. The Hall–Kier alpha value is -1.74. The van der Waals surface area contributed by atoms with Crippen molar-refractivity contribution < 1.29 is 13.2 Å². The molecule has 1 unspecified atom stereocenters. The summed E-state index contributed by atoms with van der Waals surface area (Å²) in [6.07, 6.45) is 0.219. The highest BCUT2D eigenvalue weighted by molar-refractivity contribution is 7.92. The van der Waals surface area contributed by atoms with Crippen LogP contribution in [0.15, 0.2) is 23.1 Å². The van der Waals surface area contributed by atoms with Crippen LogP contribution in [0.25, 0.3) is 0 Å². The molecule has 0 aromatic heterocycles. The predicted molar refractivity (Wildman–Crippen MR) is 68.9 cm³/mol. The van der Waals surface area contributed by atoms with Crippen LogP contribution >= 0.6 is 0 Å². The minimum Gasteiger partial charge on any atom is -0.494 e. The van der Waals surface area contributed by atoms with Crippen LogP contribution in [0.4, 0.5) is 5.69 Å². The smallest absolute Gasteiger partial charge is 0.196 e. The maximum Gasteiger partial charge on any atom is 0.196 e. The van der Waals surface area contributed by atoms with E-state index >= 15 is 0 Å². The van der Waals surface area contributed by atoms with Crippen LogP contribution in [0.5, 0.6) is 5.75 Å². The lowest BCUT2D eigenvalue weighted by molar-refractivity contribution is 0.339. The Bertz CT molecular complexity index is 561. The molecule has 0 aliphatic rings. The molecular formula is C12H16N2O3S. The summed E-state index contributed by atoms with van der Waals surface area (Å²) < 4.78 is 29.7. The van der Waals surface area contributed by atoms with Gasteiger partial charge in [-0.25, -0.2) is 8.42 Å². The highest BCUT2D eigenvalue weighted by Gasteiger charge is 2.28. The average Bonchev–Trinajstić information content (AvgIpc) is 2.33. The molecule has 2 N–H and O–H groups in total. The lowest BCUT2D eigenvalue weighted by atomic mass is 10.3. The molecule has 0 aliphatic heterocycles. The molecule has 98 valence electrons. The van der Waals surface area contributed by atoms with E-state index in [1.54, 1.807) is 26.0 Å². The van der Waals surface area contributed by atoms with Crippen molar-refractivity contribution in [3.05, 3.63) is 18.2 Å². The fourth-order valence-corrected chi connectivity index (χ4v) is 3.11. The van der Waals surface area contributed by atoms with E-state index in [-0.39, 0.29) is 17.0 Å². The fraction of sp³-hybridized carbons (Fsp3) is 0.417. The first-order chi connectivity index (χ1) is 8.47. The Balaban J connectivity index is 3.32. The summed E-state index contributed by atoms with van der Waals surface area (Å²) in [4.78, 5) is -0.0400. The van der Waals surface area contributed by atoms with Crippen LogP contribution in [-0.4, -0.2) is 20.3 Å². The van der Waals surface area contributed by atoms with Gasteiger partial charge in [-0.2, -0.15) is 5.26 Å². The highest BCUT2D eigenvalue weighted by Crippen LogP contribution is 2.28. The number of sulfone groups is 1. The van der Waals surface area contributed by atoms with Gasteiger partial charge in [0.25, 0.3) is 0 Å². The van der Waals surface area contributed by atoms with Gasteiger partial charge in [-0.05, 0) is 25.5 Å². The van der Waals surface area contributed by atoms with Crippen molar-refractivity contribution in [2.75, 3.05) is 12.3 Å². The molecule has 6 heteroatoms. The van der Waals surface area contributed by atoms with Crippen LogP contribution in [0.1, 0.15) is 20.3 Å². The zero-order valence-electron chi connectivity index (χ0n) is 10.4. The average molecular weight is 268 g/mol. The van der Waals surface area contributed by atoms with E-state index in [1.165, 1.54) is 12.1 Å². The van der Waals surface area contributed by atoms with Crippen molar-refractivity contribution in [2.24, 2.45) is 0 Å². The molecule has 0 amide bonds. The number of nitrogen functional groups attached to an aromatic ring is 1. The van der Waals surface area contributed by atoms with Gasteiger partial charge >= 0.3 is 0 Å². The third-order valence-electron chi connectivity index (χ3n) is 2.49. The molecule has 1 rings (SSSR count). The SMILES string of the molecule is CCOc1ccc(N)c(S(=O)(=O)C(C#N)CC)c1. The summed E-state index contributed by atoms with van der Waals surface area (Å²) in [5, 5.41) is 7.80. The second-order valence-electron chi connectivity index (χ2n) is 3.70. The van der Waals surface area contributed by atoms with Crippen LogP contribution < -0.4 is 10.5 Å². The van der Waals surface area contributed by atoms with Gasteiger partial charge in [-0.15, -0.1) is 0 Å². The molecule has 5 nitrogen and oxygen atoms in total. The fourth-order valence-electron chi connectivity index (χ4n) is 1.55. The molecule has 1 aromatic rings. The standard InChI is InChI=1S/C12H16N2O3S/c1-3-10(8-13)18(15,16)12-7-9(17-4-2)5-6-11(12)14/h5-7,10H,3-4,14H2,1-2H3. The lowest BCUT2D eigenvalue weighted by Gasteiger charge is -2.12. The normalized spacial score (nSPS) is 12.7. The summed E-state index contributed by atoms with van der Waals surface area (Å²) in [5.74, 6) is 0.429. The maximum absolute atomic E-state index is 12.2. The van der Waals surface area contributed by atoms with Crippen LogP contribution in [-0.2, 0) is 9.84 Å². The van der Waals surface area contributed by atoms with Gasteiger partial charge in [0.05, 0.1) is 23.3 Å². The van der Waals surface area contributed by atoms with E-state index < -0.39 is 15.1 Å². The van der Waals surface area contributed by atoms with Gasteiger partial charge in [-0.3, -0.25) is 0 Å². The van der Waals surface area contributed by atoms with Gasteiger partial charge in [0.1, 0.15) is 5.75 Å². The quantitative estimate of drug-likeness (QED) is 0.821. The lowest BCUT2D eigenvalue weighted by Crippen LogP contribution is -2.20. The topological polar surface area (TPSA) is 93.2 Å². The number of benzene rings is 1. The number of nitrogens with zero attached hydrogens (tertiary/aromatic N) is 1. The first-order valence-corrected chi connectivity index (χ1v) is 7.17. The number of hydrogen-bond acceptors (Lipinski definition) is 5. The number of ether oxygens (including phenoxy) is 1. The minimum absolute atomic E-state index is 0.0400. The number of hydrogen-bond donors (Lipinski definition) is 1. The molecule has 0 bridgehead atoms. The monoisotopic (exact) mass is 268 g/mol. The van der Waals surface area contributed by atoms with Crippen molar-refractivity contribution in [3.8, 4) is 11.8 Å². The summed E-state index contributed by atoms with van der Waals surface area (Å²) in [7, 11) is -3.74. The molecule has 0 fully saturated rings. The Morgan fingerprint density at radius 2 is 2.11 bits per heavy atom. The molecule has 0 spiro atoms.